The van der Waals surface area contributed by atoms with Gasteiger partial charge in [-0.2, -0.15) is 0 Å². The number of aromatic carboxylic acids is 1. The minimum Gasteiger partial charge on any atom is -0.476 e. The topological polar surface area (TPSA) is 88.3 Å². The van der Waals surface area contributed by atoms with Gasteiger partial charge in [0.1, 0.15) is 6.04 Å². The molecule has 1 N–H and O–H groups in total. The maximum absolute atomic E-state index is 12.3. The second kappa shape index (κ2) is 6.49. The van der Waals surface area contributed by atoms with Gasteiger partial charge in [0.25, 0.3) is 0 Å². The van der Waals surface area contributed by atoms with E-state index >= 15 is 0 Å². The van der Waals surface area contributed by atoms with Crippen LogP contribution in [0.5, 0.6) is 0 Å². The number of nitrogens with zero attached hydrogens (tertiary/aromatic N) is 4. The Kier molecular flexibility index (Phi) is 5.24. The number of carboxylic acid groups (broad SMARTS) is 1. The molecule has 1 heterocycles. The number of likely N-dealkylation sites (N-methyl/N-ethyl adjacent to an activating group) is 1. The lowest BCUT2D eigenvalue weighted by molar-refractivity contribution is -0.134. The molecule has 1 unspecified atom stereocenters. The molecule has 1 aromatic rings. The molecule has 7 heteroatoms. The summed E-state index contributed by atoms with van der Waals surface area (Å²) in [7, 11) is 0. The van der Waals surface area contributed by atoms with E-state index in [1.807, 2.05) is 27.7 Å². The second-order valence-corrected chi connectivity index (χ2v) is 4.91. The predicted octanol–water partition coefficient (Wildman–Crippen LogP) is 1.53. The highest BCUT2D eigenvalue weighted by molar-refractivity contribution is 5.87. The van der Waals surface area contributed by atoms with Gasteiger partial charge in [0.15, 0.2) is 5.69 Å². The average Bonchev–Trinajstić information content (AvgIpc) is 2.83. The Balaban J connectivity index is 3.19. The van der Waals surface area contributed by atoms with Crippen LogP contribution in [0, 0.1) is 0 Å². The Morgan fingerprint density at radius 2 is 1.80 bits per heavy atom. The first-order chi connectivity index (χ1) is 9.34. The summed E-state index contributed by atoms with van der Waals surface area (Å²) in [5, 5.41) is 16.7. The van der Waals surface area contributed by atoms with E-state index in [9.17, 15) is 9.59 Å². The number of carbonyl (C=O) groups excluding carboxylic acids is 1. The molecule has 0 saturated carbocycles. The zero-order valence-electron chi connectivity index (χ0n) is 12.6. The molecule has 1 rings (SSSR count). The molecular formula is C13H22N4O3. The molecule has 0 aliphatic rings. The molecule has 1 aromatic heterocycles. The van der Waals surface area contributed by atoms with Gasteiger partial charge in [0.05, 0.1) is 5.69 Å². The number of amides is 1. The van der Waals surface area contributed by atoms with E-state index in [0.717, 1.165) is 0 Å². The first-order valence-corrected chi connectivity index (χ1v) is 6.82. The van der Waals surface area contributed by atoms with Crippen molar-refractivity contribution in [1.29, 1.82) is 0 Å². The standard InChI is InChI=1S/C13H22N4O3/c1-6-16(7-2)12(18)9(5)17-11(8(3)4)10(13(19)20)14-15-17/h8-9H,6-7H2,1-5H3,(H,19,20). The van der Waals surface area contributed by atoms with Gasteiger partial charge in [-0.05, 0) is 26.7 Å². The summed E-state index contributed by atoms with van der Waals surface area (Å²) < 4.78 is 1.43. The summed E-state index contributed by atoms with van der Waals surface area (Å²) in [6, 6.07) is -0.562. The molecule has 0 bridgehead atoms. The van der Waals surface area contributed by atoms with Gasteiger partial charge in [-0.1, -0.05) is 19.1 Å². The summed E-state index contributed by atoms with van der Waals surface area (Å²) in [6.45, 7) is 10.5. The molecule has 20 heavy (non-hydrogen) atoms. The quantitative estimate of drug-likeness (QED) is 0.854. The van der Waals surface area contributed by atoms with Crippen molar-refractivity contribution in [2.45, 2.75) is 46.6 Å². The highest BCUT2D eigenvalue weighted by Gasteiger charge is 2.28. The maximum Gasteiger partial charge on any atom is 0.358 e. The van der Waals surface area contributed by atoms with Gasteiger partial charge in [-0.15, -0.1) is 5.10 Å². The number of hydrogen-bond acceptors (Lipinski definition) is 4. The molecule has 0 spiro atoms. The summed E-state index contributed by atoms with van der Waals surface area (Å²) in [4.78, 5) is 25.2. The van der Waals surface area contributed by atoms with Gasteiger partial charge in [-0.25, -0.2) is 9.48 Å². The lowest BCUT2D eigenvalue weighted by Gasteiger charge is -2.24. The smallest absolute Gasteiger partial charge is 0.358 e. The number of carboxylic acids is 1. The summed E-state index contributed by atoms with van der Waals surface area (Å²) >= 11 is 0. The number of aromatic nitrogens is 3. The van der Waals surface area contributed by atoms with Crippen LogP contribution in [0.3, 0.4) is 0 Å². The third kappa shape index (κ3) is 2.97. The summed E-state index contributed by atoms with van der Waals surface area (Å²) in [5.41, 5.74) is 0.393. The van der Waals surface area contributed by atoms with Crippen LogP contribution in [0.15, 0.2) is 0 Å². The molecule has 112 valence electrons. The summed E-state index contributed by atoms with van der Waals surface area (Å²) in [5.74, 6) is -1.29. The van der Waals surface area contributed by atoms with Crippen molar-refractivity contribution in [2.75, 3.05) is 13.1 Å². The molecular weight excluding hydrogens is 260 g/mol. The van der Waals surface area contributed by atoms with E-state index in [1.54, 1.807) is 11.8 Å². The normalized spacial score (nSPS) is 12.5. The number of hydrogen-bond donors (Lipinski definition) is 1. The van der Waals surface area contributed by atoms with E-state index in [2.05, 4.69) is 10.3 Å². The first-order valence-electron chi connectivity index (χ1n) is 6.82. The summed E-state index contributed by atoms with van der Waals surface area (Å²) in [6.07, 6.45) is 0. The van der Waals surface area contributed by atoms with Crippen molar-refractivity contribution in [3.63, 3.8) is 0 Å². The lowest BCUT2D eigenvalue weighted by atomic mass is 10.1. The SMILES string of the molecule is CCN(CC)C(=O)C(C)n1nnc(C(=O)O)c1C(C)C. The molecule has 0 aliphatic carbocycles. The van der Waals surface area contributed by atoms with E-state index in [0.29, 0.717) is 18.8 Å². The second-order valence-electron chi connectivity index (χ2n) is 4.91. The maximum atomic E-state index is 12.3. The van der Waals surface area contributed by atoms with Crippen LogP contribution in [0.4, 0.5) is 0 Å². The van der Waals surface area contributed by atoms with Gasteiger partial charge in [0.2, 0.25) is 5.91 Å². The molecule has 0 aromatic carbocycles. The van der Waals surface area contributed by atoms with Crippen molar-refractivity contribution in [2.24, 2.45) is 0 Å². The number of carbonyl (C=O) groups is 2. The van der Waals surface area contributed by atoms with Crippen LogP contribution >= 0.6 is 0 Å². The predicted molar refractivity (Wildman–Crippen MR) is 73.7 cm³/mol. The lowest BCUT2D eigenvalue weighted by Crippen LogP contribution is -2.37. The van der Waals surface area contributed by atoms with E-state index in [4.69, 9.17) is 5.11 Å². The van der Waals surface area contributed by atoms with Crippen LogP contribution in [0.2, 0.25) is 0 Å². The van der Waals surface area contributed by atoms with Crippen LogP contribution in [-0.2, 0) is 4.79 Å². The van der Waals surface area contributed by atoms with Crippen LogP contribution in [0.25, 0.3) is 0 Å². The number of rotatable bonds is 6. The van der Waals surface area contributed by atoms with Crippen LogP contribution in [-0.4, -0.2) is 50.0 Å². The van der Waals surface area contributed by atoms with E-state index in [1.165, 1.54) is 4.68 Å². The first kappa shape index (κ1) is 16.1. The fourth-order valence-electron chi connectivity index (χ4n) is 2.18. The van der Waals surface area contributed by atoms with Crippen LogP contribution in [0.1, 0.15) is 62.8 Å². The van der Waals surface area contributed by atoms with Gasteiger partial charge in [0, 0.05) is 13.1 Å². The Bertz CT molecular complexity index is 492. The third-order valence-electron chi connectivity index (χ3n) is 3.28. The Hall–Kier alpha value is -1.92. The fourth-order valence-corrected chi connectivity index (χ4v) is 2.18. The zero-order chi connectivity index (χ0) is 15.4. The molecule has 0 fully saturated rings. The minimum absolute atomic E-state index is 0.0805. The van der Waals surface area contributed by atoms with E-state index in [-0.39, 0.29) is 17.5 Å². The Labute approximate surface area is 118 Å². The highest BCUT2D eigenvalue weighted by Crippen LogP contribution is 2.22. The monoisotopic (exact) mass is 282 g/mol. The van der Waals surface area contributed by atoms with Crippen molar-refractivity contribution in [3.8, 4) is 0 Å². The van der Waals surface area contributed by atoms with Crippen molar-refractivity contribution < 1.29 is 14.7 Å². The van der Waals surface area contributed by atoms with Gasteiger partial charge >= 0.3 is 5.97 Å². The Morgan fingerprint density at radius 1 is 1.25 bits per heavy atom. The molecule has 1 amide bonds. The molecule has 0 saturated heterocycles. The van der Waals surface area contributed by atoms with Gasteiger partial charge < -0.3 is 10.0 Å². The average molecular weight is 282 g/mol. The third-order valence-corrected chi connectivity index (χ3v) is 3.28. The largest absolute Gasteiger partial charge is 0.476 e. The van der Waals surface area contributed by atoms with Crippen molar-refractivity contribution in [3.05, 3.63) is 11.4 Å². The van der Waals surface area contributed by atoms with E-state index < -0.39 is 12.0 Å². The minimum atomic E-state index is -1.12. The van der Waals surface area contributed by atoms with Crippen LogP contribution < -0.4 is 0 Å². The van der Waals surface area contributed by atoms with Crippen molar-refractivity contribution in [1.82, 2.24) is 19.9 Å². The molecule has 0 aliphatic heterocycles. The molecule has 0 radical (unpaired) electrons. The molecule has 7 nitrogen and oxygen atoms in total. The zero-order valence-corrected chi connectivity index (χ0v) is 12.6. The highest BCUT2D eigenvalue weighted by atomic mass is 16.4. The molecule has 1 atom stereocenters. The fraction of sp³-hybridized carbons (Fsp3) is 0.692. The Morgan fingerprint density at radius 3 is 2.20 bits per heavy atom. The van der Waals surface area contributed by atoms with Gasteiger partial charge in [-0.3, -0.25) is 4.79 Å². The van der Waals surface area contributed by atoms with Crippen molar-refractivity contribution >= 4 is 11.9 Å².